The summed E-state index contributed by atoms with van der Waals surface area (Å²) >= 11 is 0. The molecule has 1 aliphatic carbocycles. The summed E-state index contributed by atoms with van der Waals surface area (Å²) in [5.41, 5.74) is 1.28. The molecule has 1 heterocycles. The van der Waals surface area contributed by atoms with Crippen LogP contribution in [-0.2, 0) is 4.79 Å². The topological polar surface area (TPSA) is 30.0 Å². The molecule has 0 bridgehead atoms. The summed E-state index contributed by atoms with van der Waals surface area (Å²) < 4.78 is 0. The average molecular weight is 161 g/mol. The normalized spacial score (nSPS) is 26.7. The van der Waals surface area contributed by atoms with E-state index in [0.717, 1.165) is 12.7 Å². The van der Waals surface area contributed by atoms with E-state index in [9.17, 15) is 4.79 Å². The van der Waals surface area contributed by atoms with Gasteiger partial charge in [-0.2, -0.15) is 0 Å². The lowest BCUT2D eigenvalue weighted by molar-refractivity contribution is -0.108. The number of rotatable bonds is 3. The second-order valence-corrected chi connectivity index (χ2v) is 3.29. The van der Waals surface area contributed by atoms with Crippen LogP contribution in [0.4, 0.5) is 0 Å². The fourth-order valence-electron chi connectivity index (χ4n) is 1.64. The van der Waals surface area contributed by atoms with Gasteiger partial charge in [0.1, 0.15) is 6.29 Å². The van der Waals surface area contributed by atoms with Crippen LogP contribution in [-0.4, -0.2) is 11.3 Å². The molecule has 62 valence electrons. The Hall–Kier alpha value is -1.18. The van der Waals surface area contributed by atoms with Gasteiger partial charge in [0, 0.05) is 18.8 Å². The van der Waals surface area contributed by atoms with Gasteiger partial charge >= 0.3 is 0 Å². The van der Waals surface area contributed by atoms with Crippen molar-refractivity contribution in [3.8, 4) is 0 Å². The molecule has 0 radical (unpaired) electrons. The van der Waals surface area contributed by atoms with Gasteiger partial charge in [-0.25, -0.2) is 0 Å². The van der Waals surface area contributed by atoms with Crippen LogP contribution in [0.3, 0.4) is 0 Å². The Kier molecular flexibility index (Phi) is 1.90. The first-order chi connectivity index (χ1) is 5.92. The molecular formula is C10H11NO. The molecule has 0 amide bonds. The van der Waals surface area contributed by atoms with E-state index in [0.29, 0.717) is 18.3 Å². The molecule has 0 aromatic carbocycles. The summed E-state index contributed by atoms with van der Waals surface area (Å²) in [6.07, 6.45) is 6.56. The number of hydrogen-bond acceptors (Lipinski definition) is 2. The number of nitrogens with zero attached hydrogens (tertiary/aromatic N) is 1. The Bertz CT molecular complexity index is 270. The van der Waals surface area contributed by atoms with E-state index in [2.05, 4.69) is 11.1 Å². The first-order valence-electron chi connectivity index (χ1n) is 4.25. The van der Waals surface area contributed by atoms with Crippen molar-refractivity contribution in [2.75, 3.05) is 0 Å². The van der Waals surface area contributed by atoms with Crippen molar-refractivity contribution < 1.29 is 4.79 Å². The minimum absolute atomic E-state index is 0.590. The van der Waals surface area contributed by atoms with E-state index in [4.69, 9.17) is 0 Å². The summed E-state index contributed by atoms with van der Waals surface area (Å²) in [6, 6.07) is 4.04. The lowest BCUT2D eigenvalue weighted by Gasteiger charge is -1.95. The molecule has 0 aliphatic heterocycles. The van der Waals surface area contributed by atoms with E-state index in [-0.39, 0.29) is 0 Å². The Balaban J connectivity index is 2.01. The number of aromatic nitrogens is 1. The second-order valence-electron chi connectivity index (χ2n) is 3.29. The molecule has 2 nitrogen and oxygen atoms in total. The fourth-order valence-corrected chi connectivity index (χ4v) is 1.64. The highest BCUT2D eigenvalue weighted by molar-refractivity contribution is 5.51. The minimum Gasteiger partial charge on any atom is -0.303 e. The fraction of sp³-hybridized carbons (Fsp3) is 0.400. The number of pyridine rings is 1. The van der Waals surface area contributed by atoms with Crippen LogP contribution in [0.15, 0.2) is 24.5 Å². The smallest absolute Gasteiger partial charge is 0.120 e. The van der Waals surface area contributed by atoms with Crippen LogP contribution in [0, 0.1) is 5.92 Å². The highest BCUT2D eigenvalue weighted by Crippen LogP contribution is 2.48. The summed E-state index contributed by atoms with van der Waals surface area (Å²) in [5.74, 6) is 1.19. The largest absolute Gasteiger partial charge is 0.303 e. The predicted octanol–water partition coefficient (Wildman–Crippen LogP) is 1.77. The summed E-state index contributed by atoms with van der Waals surface area (Å²) in [5, 5.41) is 0. The summed E-state index contributed by atoms with van der Waals surface area (Å²) in [6.45, 7) is 0. The Morgan fingerprint density at radius 2 is 2.58 bits per heavy atom. The van der Waals surface area contributed by atoms with Crippen molar-refractivity contribution in [1.29, 1.82) is 0 Å². The van der Waals surface area contributed by atoms with Crippen LogP contribution < -0.4 is 0 Å². The standard InChI is InChI=1S/C10H11NO/c12-5-3-8-6-10(8)9-2-1-4-11-7-9/h1-2,4-5,7-8,10H,3,6H2. The molecule has 12 heavy (non-hydrogen) atoms. The second kappa shape index (κ2) is 3.05. The first-order valence-corrected chi connectivity index (χ1v) is 4.25. The maximum atomic E-state index is 10.2. The minimum atomic E-state index is 0.590. The molecule has 1 aromatic heterocycles. The first kappa shape index (κ1) is 7.47. The van der Waals surface area contributed by atoms with Gasteiger partial charge in [0.05, 0.1) is 0 Å². The summed E-state index contributed by atoms with van der Waals surface area (Å²) in [4.78, 5) is 14.3. The Labute approximate surface area is 71.6 Å². The number of carbonyl (C=O) groups excluding carboxylic acids is 1. The third-order valence-electron chi connectivity index (χ3n) is 2.43. The van der Waals surface area contributed by atoms with E-state index in [1.165, 1.54) is 5.56 Å². The Morgan fingerprint density at radius 3 is 3.25 bits per heavy atom. The maximum absolute atomic E-state index is 10.2. The highest BCUT2D eigenvalue weighted by Gasteiger charge is 2.37. The van der Waals surface area contributed by atoms with Gasteiger partial charge in [0.25, 0.3) is 0 Å². The van der Waals surface area contributed by atoms with E-state index >= 15 is 0 Å². The molecule has 0 spiro atoms. The van der Waals surface area contributed by atoms with Crippen molar-refractivity contribution in [1.82, 2.24) is 4.98 Å². The molecule has 2 heteroatoms. The van der Waals surface area contributed by atoms with Gasteiger partial charge in [0.15, 0.2) is 0 Å². The average Bonchev–Trinajstić information content (AvgIpc) is 2.87. The number of carbonyl (C=O) groups is 1. The molecule has 2 rings (SSSR count). The molecule has 1 fully saturated rings. The van der Waals surface area contributed by atoms with Crippen molar-refractivity contribution in [3.63, 3.8) is 0 Å². The quantitative estimate of drug-likeness (QED) is 0.632. The molecule has 2 atom stereocenters. The van der Waals surface area contributed by atoms with Crippen LogP contribution in [0.5, 0.6) is 0 Å². The lowest BCUT2D eigenvalue weighted by Crippen LogP contribution is -1.85. The predicted molar refractivity (Wildman–Crippen MR) is 45.8 cm³/mol. The third-order valence-corrected chi connectivity index (χ3v) is 2.43. The van der Waals surface area contributed by atoms with Crippen LogP contribution >= 0.6 is 0 Å². The van der Waals surface area contributed by atoms with Gasteiger partial charge in [-0.1, -0.05) is 6.07 Å². The third kappa shape index (κ3) is 1.37. The molecule has 0 N–H and O–H groups in total. The molecular weight excluding hydrogens is 150 g/mol. The van der Waals surface area contributed by atoms with Crippen LogP contribution in [0.2, 0.25) is 0 Å². The zero-order valence-corrected chi connectivity index (χ0v) is 6.81. The molecule has 1 aliphatic rings. The lowest BCUT2D eigenvalue weighted by atomic mass is 10.1. The molecule has 1 aromatic rings. The maximum Gasteiger partial charge on any atom is 0.120 e. The van der Waals surface area contributed by atoms with Gasteiger partial charge in [-0.3, -0.25) is 4.98 Å². The highest BCUT2D eigenvalue weighted by atomic mass is 16.1. The summed E-state index contributed by atoms with van der Waals surface area (Å²) in [7, 11) is 0. The van der Waals surface area contributed by atoms with Gasteiger partial charge in [0.2, 0.25) is 0 Å². The van der Waals surface area contributed by atoms with E-state index < -0.39 is 0 Å². The zero-order valence-electron chi connectivity index (χ0n) is 6.81. The van der Waals surface area contributed by atoms with Crippen molar-refractivity contribution >= 4 is 6.29 Å². The SMILES string of the molecule is O=CCC1CC1c1cccnc1. The number of hydrogen-bond donors (Lipinski definition) is 0. The van der Waals surface area contributed by atoms with Gasteiger partial charge in [-0.15, -0.1) is 0 Å². The van der Waals surface area contributed by atoms with E-state index in [1.807, 2.05) is 12.3 Å². The van der Waals surface area contributed by atoms with Crippen LogP contribution in [0.1, 0.15) is 24.3 Å². The zero-order chi connectivity index (χ0) is 8.39. The van der Waals surface area contributed by atoms with Gasteiger partial charge < -0.3 is 4.79 Å². The van der Waals surface area contributed by atoms with Crippen molar-refractivity contribution in [2.45, 2.75) is 18.8 Å². The van der Waals surface area contributed by atoms with Crippen molar-refractivity contribution in [2.24, 2.45) is 5.92 Å². The molecule has 1 saturated carbocycles. The van der Waals surface area contributed by atoms with Crippen molar-refractivity contribution in [3.05, 3.63) is 30.1 Å². The Morgan fingerprint density at radius 1 is 1.67 bits per heavy atom. The van der Waals surface area contributed by atoms with E-state index in [1.54, 1.807) is 6.20 Å². The molecule has 0 saturated heterocycles. The monoisotopic (exact) mass is 161 g/mol. The van der Waals surface area contributed by atoms with Gasteiger partial charge in [-0.05, 0) is 29.9 Å². The molecule has 2 unspecified atom stereocenters. The number of aldehydes is 1. The van der Waals surface area contributed by atoms with Crippen LogP contribution in [0.25, 0.3) is 0 Å².